The van der Waals surface area contributed by atoms with E-state index in [9.17, 15) is 21.6 Å². The summed E-state index contributed by atoms with van der Waals surface area (Å²) in [5.41, 5.74) is 3.97. The van der Waals surface area contributed by atoms with Crippen LogP contribution in [-0.2, 0) is 32.7 Å². The Hall–Kier alpha value is -3.57. The number of piperidine rings is 1. The molecule has 2 aliphatic heterocycles. The summed E-state index contributed by atoms with van der Waals surface area (Å²) < 4.78 is 65.8. The Morgan fingerprint density at radius 2 is 1.51 bits per heavy atom. The molecule has 7 nitrogen and oxygen atoms in total. The van der Waals surface area contributed by atoms with Crippen molar-refractivity contribution in [2.24, 2.45) is 0 Å². The predicted octanol–water partition coefficient (Wildman–Crippen LogP) is 5.17. The van der Waals surface area contributed by atoms with Gasteiger partial charge in [0, 0.05) is 19.6 Å². The van der Waals surface area contributed by atoms with Crippen molar-refractivity contribution in [3.8, 4) is 5.75 Å². The number of halogens is 3. The molecule has 0 aliphatic carbocycles. The van der Waals surface area contributed by atoms with E-state index < -0.39 is 26.9 Å². The van der Waals surface area contributed by atoms with Crippen molar-refractivity contribution in [1.29, 1.82) is 0 Å². The van der Waals surface area contributed by atoms with E-state index in [4.69, 9.17) is 14.6 Å². The molecule has 5 rings (SSSR count). The van der Waals surface area contributed by atoms with E-state index in [1.807, 2.05) is 72.8 Å². The summed E-state index contributed by atoms with van der Waals surface area (Å²) in [6, 6.07) is 25.8. The van der Waals surface area contributed by atoms with Gasteiger partial charge in [-0.05, 0) is 47.7 Å². The van der Waals surface area contributed by atoms with Crippen LogP contribution in [0.5, 0.6) is 5.75 Å². The van der Waals surface area contributed by atoms with Gasteiger partial charge in [-0.2, -0.15) is 13.2 Å². The lowest BCUT2D eigenvalue weighted by molar-refractivity contribution is -0.192. The monoisotopic (exact) mass is 562 g/mol. The number of carboxylic acids is 1. The standard InChI is InChI=1S/C26H28N2O3S.C2HF3O2/c1-31-23-11-7-10-22(18-23)19-27-16-14-26(15-17-27)24-12-5-6-13-25(24)28(32(26,29)30)20-21-8-3-2-4-9-21;3-2(4,5)1(6)7/h2-13,18H,14-17,19-20H2,1H3;(H,6,7). The fourth-order valence-corrected chi connectivity index (χ4v) is 7.41. The highest BCUT2D eigenvalue weighted by Gasteiger charge is 2.56. The third-order valence-corrected chi connectivity index (χ3v) is 9.58. The van der Waals surface area contributed by atoms with Crippen LogP contribution in [0.4, 0.5) is 18.9 Å². The van der Waals surface area contributed by atoms with Gasteiger partial charge in [-0.15, -0.1) is 0 Å². The van der Waals surface area contributed by atoms with Gasteiger partial charge < -0.3 is 9.84 Å². The first-order valence-corrected chi connectivity index (χ1v) is 13.7. The summed E-state index contributed by atoms with van der Waals surface area (Å²) >= 11 is 0. The Balaban J connectivity index is 0.000000448. The highest BCUT2D eigenvalue weighted by Crippen LogP contribution is 2.53. The Labute approximate surface area is 225 Å². The molecule has 0 radical (unpaired) electrons. The van der Waals surface area contributed by atoms with E-state index in [-0.39, 0.29) is 0 Å². The maximum absolute atomic E-state index is 14.0. The molecule has 11 heteroatoms. The minimum absolute atomic E-state index is 0.370. The minimum atomic E-state index is -5.08. The summed E-state index contributed by atoms with van der Waals surface area (Å²) in [6.07, 6.45) is -3.89. The number of hydrogen-bond acceptors (Lipinski definition) is 5. The van der Waals surface area contributed by atoms with Gasteiger partial charge >= 0.3 is 12.1 Å². The number of ether oxygens (including phenoxy) is 1. The Bertz CT molecular complexity index is 1410. The quantitative estimate of drug-likeness (QED) is 0.462. The summed E-state index contributed by atoms with van der Waals surface area (Å²) in [5.74, 6) is -1.91. The summed E-state index contributed by atoms with van der Waals surface area (Å²) in [6.45, 7) is 2.64. The van der Waals surface area contributed by atoms with Gasteiger partial charge in [-0.1, -0.05) is 60.7 Å². The van der Waals surface area contributed by atoms with Crippen molar-refractivity contribution in [2.75, 3.05) is 24.5 Å². The lowest BCUT2D eigenvalue weighted by atomic mass is 9.87. The van der Waals surface area contributed by atoms with E-state index in [0.717, 1.165) is 42.2 Å². The first-order chi connectivity index (χ1) is 18.5. The molecule has 2 aliphatic rings. The van der Waals surface area contributed by atoms with Gasteiger partial charge in [0.2, 0.25) is 10.0 Å². The van der Waals surface area contributed by atoms with Crippen LogP contribution in [0, 0.1) is 0 Å². The van der Waals surface area contributed by atoms with Gasteiger partial charge in [0.25, 0.3) is 0 Å². The third-order valence-electron chi connectivity index (χ3n) is 7.06. The number of rotatable bonds is 5. The topological polar surface area (TPSA) is 87.2 Å². The molecule has 0 aromatic heterocycles. The minimum Gasteiger partial charge on any atom is -0.497 e. The van der Waals surface area contributed by atoms with Crippen LogP contribution in [0.15, 0.2) is 78.9 Å². The molecule has 2 heterocycles. The second kappa shape index (κ2) is 11.3. The largest absolute Gasteiger partial charge is 0.497 e. The molecule has 3 aromatic carbocycles. The molecular formula is C28H29F3N2O5S. The number of nitrogens with zero attached hydrogens (tertiary/aromatic N) is 2. The first-order valence-electron chi connectivity index (χ1n) is 12.3. The van der Waals surface area contributed by atoms with Gasteiger partial charge in [0.1, 0.15) is 10.5 Å². The fourth-order valence-electron chi connectivity index (χ4n) is 5.10. The molecule has 0 saturated carbocycles. The highest BCUT2D eigenvalue weighted by molar-refractivity contribution is 7.94. The number of carbonyl (C=O) groups is 1. The average molecular weight is 563 g/mol. The lowest BCUT2D eigenvalue weighted by Crippen LogP contribution is -2.48. The number of anilines is 1. The van der Waals surface area contributed by atoms with Crippen molar-refractivity contribution in [3.63, 3.8) is 0 Å². The molecule has 1 fully saturated rings. The number of carboxylic acid groups (broad SMARTS) is 1. The molecule has 1 spiro atoms. The number of alkyl halides is 3. The normalized spacial score (nSPS) is 17.7. The Morgan fingerprint density at radius 3 is 2.13 bits per heavy atom. The number of aliphatic carboxylic acids is 1. The van der Waals surface area contributed by atoms with Crippen molar-refractivity contribution in [2.45, 2.75) is 36.9 Å². The van der Waals surface area contributed by atoms with Crippen LogP contribution < -0.4 is 9.04 Å². The molecule has 0 atom stereocenters. The van der Waals surface area contributed by atoms with E-state index in [1.165, 1.54) is 5.56 Å². The van der Waals surface area contributed by atoms with E-state index >= 15 is 0 Å². The summed E-state index contributed by atoms with van der Waals surface area (Å²) in [7, 11) is -1.85. The zero-order chi connectivity index (χ0) is 28.3. The van der Waals surface area contributed by atoms with E-state index in [2.05, 4.69) is 11.0 Å². The van der Waals surface area contributed by atoms with Crippen molar-refractivity contribution < 1.29 is 36.2 Å². The van der Waals surface area contributed by atoms with Gasteiger partial charge in [-0.3, -0.25) is 9.21 Å². The SMILES string of the molecule is COc1cccc(CN2CCC3(CC2)c2ccccc2N(Cc2ccccc2)S3(=O)=O)c1.O=C(O)C(F)(F)F. The second-order valence-electron chi connectivity index (χ2n) is 9.44. The molecule has 1 N–H and O–H groups in total. The molecule has 0 amide bonds. The van der Waals surface area contributed by atoms with Crippen molar-refractivity contribution >= 4 is 21.7 Å². The molecule has 208 valence electrons. The van der Waals surface area contributed by atoms with E-state index in [0.29, 0.717) is 19.4 Å². The second-order valence-corrected chi connectivity index (χ2v) is 11.6. The molecule has 39 heavy (non-hydrogen) atoms. The van der Waals surface area contributed by atoms with Crippen LogP contribution >= 0.6 is 0 Å². The molecule has 1 saturated heterocycles. The number of likely N-dealkylation sites (tertiary alicyclic amines) is 1. The van der Waals surface area contributed by atoms with Gasteiger partial charge in [0.15, 0.2) is 0 Å². The predicted molar refractivity (Wildman–Crippen MR) is 141 cm³/mol. The molecule has 0 bridgehead atoms. The maximum atomic E-state index is 14.0. The van der Waals surface area contributed by atoms with E-state index in [1.54, 1.807) is 11.4 Å². The van der Waals surface area contributed by atoms with Crippen molar-refractivity contribution in [1.82, 2.24) is 4.90 Å². The number of fused-ring (bicyclic) bond motifs is 2. The fraction of sp³-hybridized carbons (Fsp3) is 0.321. The summed E-state index contributed by atoms with van der Waals surface area (Å²) in [5, 5.41) is 7.12. The average Bonchev–Trinajstić information content (AvgIpc) is 3.09. The van der Waals surface area contributed by atoms with Crippen LogP contribution in [0.25, 0.3) is 0 Å². The van der Waals surface area contributed by atoms with Gasteiger partial charge in [0.05, 0.1) is 19.3 Å². The Kier molecular flexibility index (Phi) is 8.22. The van der Waals surface area contributed by atoms with Crippen LogP contribution in [0.2, 0.25) is 0 Å². The molecule has 3 aromatic rings. The number of sulfonamides is 1. The lowest BCUT2D eigenvalue weighted by Gasteiger charge is -2.39. The number of benzene rings is 3. The zero-order valence-electron chi connectivity index (χ0n) is 21.3. The van der Waals surface area contributed by atoms with Crippen LogP contribution in [-0.4, -0.2) is 50.8 Å². The zero-order valence-corrected chi connectivity index (χ0v) is 22.1. The Morgan fingerprint density at radius 1 is 0.923 bits per heavy atom. The van der Waals surface area contributed by atoms with Crippen LogP contribution in [0.3, 0.4) is 0 Å². The number of hydrogen-bond donors (Lipinski definition) is 1. The highest BCUT2D eigenvalue weighted by atomic mass is 32.2. The number of para-hydroxylation sites is 1. The van der Waals surface area contributed by atoms with Gasteiger partial charge in [-0.25, -0.2) is 13.2 Å². The molecular weight excluding hydrogens is 533 g/mol. The van der Waals surface area contributed by atoms with Crippen LogP contribution in [0.1, 0.15) is 29.5 Å². The molecule has 0 unspecified atom stereocenters. The number of methoxy groups -OCH3 is 1. The third kappa shape index (κ3) is 5.89. The first kappa shape index (κ1) is 28.4. The summed E-state index contributed by atoms with van der Waals surface area (Å²) in [4.78, 5) is 11.2. The smallest absolute Gasteiger partial charge is 0.490 e. The maximum Gasteiger partial charge on any atom is 0.490 e. The van der Waals surface area contributed by atoms with Crippen molar-refractivity contribution in [3.05, 3.63) is 95.6 Å².